The minimum absolute atomic E-state index is 0.0448. The van der Waals surface area contributed by atoms with Gasteiger partial charge in [0, 0.05) is 6.92 Å². The Morgan fingerprint density at radius 3 is 2.15 bits per heavy atom. The summed E-state index contributed by atoms with van der Waals surface area (Å²) in [5.41, 5.74) is 0.948. The summed E-state index contributed by atoms with van der Waals surface area (Å²) in [5.74, 6) is -0.605. The Bertz CT molecular complexity index is 1030. The molecule has 33 heavy (non-hydrogen) atoms. The van der Waals surface area contributed by atoms with Gasteiger partial charge in [-0.05, 0) is 51.8 Å². The van der Waals surface area contributed by atoms with Gasteiger partial charge >= 0.3 is 12.1 Å². The maximum Gasteiger partial charge on any atom is 0.407 e. The van der Waals surface area contributed by atoms with E-state index in [2.05, 4.69) is 5.32 Å². The zero-order valence-electron chi connectivity index (χ0n) is 19.5. The van der Waals surface area contributed by atoms with Crippen molar-refractivity contribution < 1.29 is 31.7 Å². The van der Waals surface area contributed by atoms with Gasteiger partial charge in [-0.2, -0.15) is 8.42 Å². The van der Waals surface area contributed by atoms with Crippen molar-refractivity contribution in [1.82, 2.24) is 5.32 Å². The van der Waals surface area contributed by atoms with Crippen LogP contribution >= 0.6 is 0 Å². The third kappa shape index (κ3) is 9.23. The van der Waals surface area contributed by atoms with E-state index in [9.17, 15) is 18.0 Å². The molecule has 0 aromatic heterocycles. The molecule has 2 rings (SSSR count). The smallest absolute Gasteiger partial charge is 0.407 e. The number of ether oxygens (including phenoxy) is 2. The van der Waals surface area contributed by atoms with Crippen LogP contribution in [0, 0.1) is 6.92 Å². The van der Waals surface area contributed by atoms with Crippen molar-refractivity contribution in [1.29, 1.82) is 0 Å². The molecular weight excluding hydrogens is 446 g/mol. The molecule has 0 bridgehead atoms. The average molecular weight is 478 g/mol. The van der Waals surface area contributed by atoms with E-state index in [4.69, 9.17) is 13.7 Å². The highest BCUT2D eigenvalue weighted by atomic mass is 32.2. The Morgan fingerprint density at radius 2 is 1.61 bits per heavy atom. The lowest BCUT2D eigenvalue weighted by Gasteiger charge is -2.29. The molecule has 2 aromatic carbocycles. The van der Waals surface area contributed by atoms with Crippen LogP contribution in [0.3, 0.4) is 0 Å². The molecule has 0 unspecified atom stereocenters. The number of aryl methyl sites for hydroxylation is 1. The maximum atomic E-state index is 13.0. The number of benzene rings is 2. The van der Waals surface area contributed by atoms with E-state index in [-0.39, 0.29) is 17.9 Å². The van der Waals surface area contributed by atoms with E-state index in [0.29, 0.717) is 0 Å². The second kappa shape index (κ2) is 11.3. The van der Waals surface area contributed by atoms with Gasteiger partial charge in [-0.25, -0.2) is 4.79 Å². The molecule has 2 aromatic rings. The second-order valence-electron chi connectivity index (χ2n) is 8.65. The molecule has 0 heterocycles. The predicted molar refractivity (Wildman–Crippen MR) is 123 cm³/mol. The van der Waals surface area contributed by atoms with Crippen LogP contribution in [0.2, 0.25) is 0 Å². The van der Waals surface area contributed by atoms with Gasteiger partial charge in [0.15, 0.2) is 0 Å². The molecule has 2 atom stereocenters. The van der Waals surface area contributed by atoms with Crippen LogP contribution in [0.4, 0.5) is 4.79 Å². The van der Waals surface area contributed by atoms with E-state index in [1.165, 1.54) is 19.1 Å². The number of nitrogens with one attached hydrogen (secondary N) is 1. The zero-order chi connectivity index (χ0) is 24.6. The topological polar surface area (TPSA) is 108 Å². The van der Waals surface area contributed by atoms with Gasteiger partial charge < -0.3 is 14.8 Å². The minimum atomic E-state index is -4.22. The Hall–Kier alpha value is -2.91. The Labute approximate surface area is 195 Å². The van der Waals surface area contributed by atoms with Crippen LogP contribution in [-0.4, -0.2) is 44.8 Å². The van der Waals surface area contributed by atoms with Crippen molar-refractivity contribution in [3.05, 3.63) is 65.7 Å². The zero-order valence-corrected chi connectivity index (χ0v) is 20.3. The second-order valence-corrected chi connectivity index (χ2v) is 10.2. The molecule has 1 amide bonds. The predicted octanol–water partition coefficient (Wildman–Crippen LogP) is 3.77. The number of hydrogen-bond donors (Lipinski definition) is 1. The van der Waals surface area contributed by atoms with Gasteiger partial charge in [0.1, 0.15) is 18.3 Å². The average Bonchev–Trinajstić information content (AvgIpc) is 2.70. The highest BCUT2D eigenvalue weighted by molar-refractivity contribution is 7.86. The Balaban J connectivity index is 2.36. The number of esters is 1. The summed E-state index contributed by atoms with van der Waals surface area (Å²) in [4.78, 5) is 24.0. The molecule has 0 saturated heterocycles. The fraction of sp³-hybridized carbons (Fsp3) is 0.417. The van der Waals surface area contributed by atoms with Gasteiger partial charge in [0.05, 0.1) is 10.9 Å². The summed E-state index contributed by atoms with van der Waals surface area (Å²) in [6, 6.07) is 14.5. The SMILES string of the molecule is CC(=O)OC[C@H](OS(=O)(=O)c1ccc(C)cc1)[C@H](Cc1ccccc1)NC(=O)OC(C)(C)C. The molecule has 0 radical (unpaired) electrons. The third-order valence-electron chi connectivity index (χ3n) is 4.46. The van der Waals surface area contributed by atoms with Crippen LogP contribution in [0.15, 0.2) is 59.5 Å². The first-order valence-corrected chi connectivity index (χ1v) is 11.9. The molecule has 0 fully saturated rings. The summed E-state index contributed by atoms with van der Waals surface area (Å²) in [7, 11) is -4.22. The highest BCUT2D eigenvalue weighted by Crippen LogP contribution is 2.19. The molecule has 0 aliphatic rings. The Morgan fingerprint density at radius 1 is 1.00 bits per heavy atom. The number of carbonyl (C=O) groups is 2. The number of hydrogen-bond acceptors (Lipinski definition) is 7. The van der Waals surface area contributed by atoms with Crippen molar-refractivity contribution in [2.75, 3.05) is 6.61 Å². The maximum absolute atomic E-state index is 13.0. The van der Waals surface area contributed by atoms with Crippen molar-refractivity contribution >= 4 is 22.2 Å². The van der Waals surface area contributed by atoms with E-state index >= 15 is 0 Å². The van der Waals surface area contributed by atoms with Crippen molar-refractivity contribution in [3.8, 4) is 0 Å². The number of carbonyl (C=O) groups excluding carboxylic acids is 2. The van der Waals surface area contributed by atoms with Crippen LogP contribution in [0.25, 0.3) is 0 Å². The first kappa shape index (κ1) is 26.3. The van der Waals surface area contributed by atoms with E-state index in [0.717, 1.165) is 11.1 Å². The van der Waals surface area contributed by atoms with Gasteiger partial charge in [0.2, 0.25) is 0 Å². The van der Waals surface area contributed by atoms with Crippen LogP contribution in [0.5, 0.6) is 0 Å². The standard InChI is InChI=1S/C24H31NO7S/c1-17-11-13-20(14-12-17)33(28,29)32-22(16-30-18(2)26)21(15-19-9-7-6-8-10-19)25-23(27)31-24(3,4)5/h6-14,21-22H,15-16H2,1-5H3,(H,25,27)/t21-,22-/m0/s1. The van der Waals surface area contributed by atoms with Gasteiger partial charge in [-0.15, -0.1) is 0 Å². The fourth-order valence-electron chi connectivity index (χ4n) is 2.94. The summed E-state index contributed by atoms with van der Waals surface area (Å²) in [6.45, 7) is 7.81. The lowest BCUT2D eigenvalue weighted by atomic mass is 10.0. The summed E-state index contributed by atoms with van der Waals surface area (Å²) in [6.07, 6.45) is -1.73. The fourth-order valence-corrected chi connectivity index (χ4v) is 4.03. The molecular formula is C24H31NO7S. The molecule has 8 nitrogen and oxygen atoms in total. The number of alkyl carbamates (subject to hydrolysis) is 1. The normalized spacial score (nSPS) is 13.6. The first-order chi connectivity index (χ1) is 15.4. The number of rotatable bonds is 9. The van der Waals surface area contributed by atoms with Crippen molar-refractivity contribution in [2.45, 2.75) is 63.7 Å². The monoisotopic (exact) mass is 477 g/mol. The molecule has 180 valence electrons. The van der Waals surface area contributed by atoms with Crippen LogP contribution in [-0.2, 0) is 35.0 Å². The Kier molecular flexibility index (Phi) is 9.01. The van der Waals surface area contributed by atoms with E-state index in [1.807, 2.05) is 37.3 Å². The van der Waals surface area contributed by atoms with E-state index in [1.54, 1.807) is 32.9 Å². The number of amides is 1. The van der Waals surface area contributed by atoms with Gasteiger partial charge in [0.25, 0.3) is 10.1 Å². The molecule has 0 aliphatic carbocycles. The van der Waals surface area contributed by atoms with Crippen LogP contribution < -0.4 is 5.32 Å². The molecule has 9 heteroatoms. The van der Waals surface area contributed by atoms with E-state index < -0.39 is 39.9 Å². The largest absolute Gasteiger partial charge is 0.463 e. The highest BCUT2D eigenvalue weighted by Gasteiger charge is 2.32. The molecule has 0 saturated carbocycles. The summed E-state index contributed by atoms with van der Waals surface area (Å²) >= 11 is 0. The molecule has 1 N–H and O–H groups in total. The van der Waals surface area contributed by atoms with Crippen LogP contribution in [0.1, 0.15) is 38.8 Å². The van der Waals surface area contributed by atoms with Gasteiger partial charge in [-0.3, -0.25) is 8.98 Å². The quantitative estimate of drug-likeness (QED) is 0.433. The van der Waals surface area contributed by atoms with Crippen molar-refractivity contribution in [2.24, 2.45) is 0 Å². The molecule has 0 aliphatic heterocycles. The summed E-state index contributed by atoms with van der Waals surface area (Å²) < 4.78 is 41.9. The first-order valence-electron chi connectivity index (χ1n) is 10.5. The third-order valence-corrected chi connectivity index (χ3v) is 5.81. The minimum Gasteiger partial charge on any atom is -0.463 e. The lowest BCUT2D eigenvalue weighted by molar-refractivity contribution is -0.143. The summed E-state index contributed by atoms with van der Waals surface area (Å²) in [5, 5.41) is 2.69. The lowest BCUT2D eigenvalue weighted by Crippen LogP contribution is -2.50. The molecule has 0 spiro atoms. The van der Waals surface area contributed by atoms with Crippen molar-refractivity contribution in [3.63, 3.8) is 0 Å². The van der Waals surface area contributed by atoms with Gasteiger partial charge in [-0.1, -0.05) is 48.0 Å².